The molecule has 0 bridgehead atoms. The summed E-state index contributed by atoms with van der Waals surface area (Å²) in [7, 11) is 0. The summed E-state index contributed by atoms with van der Waals surface area (Å²) in [5.74, 6) is 0.550. The van der Waals surface area contributed by atoms with Crippen molar-refractivity contribution < 1.29 is 9.13 Å². The van der Waals surface area contributed by atoms with Crippen molar-refractivity contribution in [3.05, 3.63) is 65.0 Å². The number of rotatable bonds is 3. The van der Waals surface area contributed by atoms with Crippen molar-refractivity contribution in [2.45, 2.75) is 12.6 Å². The Labute approximate surface area is 116 Å². The number of hydrogen-bond acceptors (Lipinski definition) is 3. The molecule has 1 aliphatic heterocycles. The molecule has 0 aliphatic carbocycles. The number of fused-ring (bicyclic) bond motifs is 1. The van der Waals surface area contributed by atoms with Gasteiger partial charge < -0.3 is 10.1 Å². The Kier molecular flexibility index (Phi) is 3.36. The summed E-state index contributed by atoms with van der Waals surface area (Å²) in [6.45, 7) is 0.986. The van der Waals surface area contributed by atoms with Crippen LogP contribution in [0.2, 0.25) is 0 Å². The topological polar surface area (TPSA) is 45.0 Å². The fraction of sp³-hybridized carbons (Fsp3) is 0.188. The number of nitrogens with one attached hydrogen (secondary N) is 1. The van der Waals surface area contributed by atoms with Crippen LogP contribution in [0.5, 0.6) is 5.75 Å². The lowest BCUT2D eigenvalue weighted by Gasteiger charge is -2.12. The molecule has 1 N–H and O–H groups in total. The van der Waals surface area contributed by atoms with Crippen molar-refractivity contribution in [2.24, 2.45) is 0 Å². The zero-order valence-corrected chi connectivity index (χ0v) is 10.8. The van der Waals surface area contributed by atoms with Crippen molar-refractivity contribution in [1.82, 2.24) is 5.32 Å². The van der Waals surface area contributed by atoms with Crippen molar-refractivity contribution in [3.8, 4) is 11.8 Å². The Morgan fingerprint density at radius 3 is 3.00 bits per heavy atom. The summed E-state index contributed by atoms with van der Waals surface area (Å²) in [6.07, 6.45) is 0. The third-order valence-electron chi connectivity index (χ3n) is 3.43. The number of ether oxygens (including phenoxy) is 1. The first kappa shape index (κ1) is 12.6. The molecule has 0 spiro atoms. The molecular formula is C16H13FN2O. The molecule has 0 fully saturated rings. The fourth-order valence-corrected chi connectivity index (χ4v) is 2.38. The van der Waals surface area contributed by atoms with Crippen LogP contribution in [-0.2, 0) is 6.54 Å². The molecule has 0 radical (unpaired) electrons. The minimum absolute atomic E-state index is 0.0704. The highest BCUT2D eigenvalue weighted by Gasteiger charge is 2.23. The van der Waals surface area contributed by atoms with E-state index in [9.17, 15) is 4.39 Å². The van der Waals surface area contributed by atoms with E-state index in [2.05, 4.69) is 11.4 Å². The maximum absolute atomic E-state index is 13.3. The van der Waals surface area contributed by atoms with Gasteiger partial charge in [-0.25, -0.2) is 4.39 Å². The second-order valence-corrected chi connectivity index (χ2v) is 4.70. The Bertz CT molecular complexity index is 678. The monoisotopic (exact) mass is 268 g/mol. The van der Waals surface area contributed by atoms with Gasteiger partial charge in [-0.2, -0.15) is 5.26 Å². The maximum Gasteiger partial charge on any atom is 0.124 e. The molecule has 1 aliphatic rings. The molecule has 3 nitrogen and oxygen atoms in total. The van der Waals surface area contributed by atoms with Gasteiger partial charge in [-0.3, -0.25) is 0 Å². The van der Waals surface area contributed by atoms with E-state index in [1.807, 2.05) is 24.3 Å². The van der Waals surface area contributed by atoms with Gasteiger partial charge in [0.25, 0.3) is 0 Å². The normalized spacial score (nSPS) is 16.3. The minimum Gasteiger partial charge on any atom is -0.491 e. The average molecular weight is 268 g/mol. The third-order valence-corrected chi connectivity index (χ3v) is 3.43. The summed E-state index contributed by atoms with van der Waals surface area (Å²) in [5, 5.41) is 12.3. The zero-order valence-electron chi connectivity index (χ0n) is 10.8. The highest BCUT2D eigenvalue weighted by atomic mass is 19.1. The van der Waals surface area contributed by atoms with Crippen LogP contribution in [-0.4, -0.2) is 6.61 Å². The molecule has 3 rings (SSSR count). The Morgan fingerprint density at radius 1 is 1.30 bits per heavy atom. The van der Waals surface area contributed by atoms with Gasteiger partial charge in [-0.05, 0) is 29.8 Å². The van der Waals surface area contributed by atoms with E-state index >= 15 is 0 Å². The van der Waals surface area contributed by atoms with Crippen LogP contribution < -0.4 is 10.1 Å². The Morgan fingerprint density at radius 2 is 2.15 bits per heavy atom. The molecule has 2 aromatic rings. The van der Waals surface area contributed by atoms with Crippen molar-refractivity contribution in [1.29, 1.82) is 5.26 Å². The zero-order chi connectivity index (χ0) is 13.9. The lowest BCUT2D eigenvalue weighted by molar-refractivity contribution is 0.310. The van der Waals surface area contributed by atoms with Crippen LogP contribution in [0.25, 0.3) is 0 Å². The molecule has 1 unspecified atom stereocenters. The molecule has 2 aromatic carbocycles. The Hall–Kier alpha value is -2.38. The van der Waals surface area contributed by atoms with Crippen LogP contribution in [0.3, 0.4) is 0 Å². The quantitative estimate of drug-likeness (QED) is 0.931. The van der Waals surface area contributed by atoms with Crippen molar-refractivity contribution in [2.75, 3.05) is 6.61 Å². The average Bonchev–Trinajstić information content (AvgIpc) is 2.88. The van der Waals surface area contributed by atoms with Gasteiger partial charge in [0.15, 0.2) is 0 Å². The lowest BCUT2D eigenvalue weighted by Crippen LogP contribution is -2.22. The SMILES string of the molecule is N#Cc1ccc(F)cc1CNC1COc2ccccc21. The van der Waals surface area contributed by atoms with Gasteiger partial charge in [0, 0.05) is 12.1 Å². The molecular weight excluding hydrogens is 255 g/mol. The van der Waals surface area contributed by atoms with Gasteiger partial charge in [0.05, 0.1) is 17.7 Å². The standard InChI is InChI=1S/C16H13FN2O/c17-13-6-5-11(8-18)12(7-13)9-19-15-10-20-16-4-2-1-3-14(15)16/h1-7,15,19H,9-10H2. The molecule has 0 aromatic heterocycles. The molecule has 20 heavy (non-hydrogen) atoms. The molecule has 0 amide bonds. The first-order chi connectivity index (χ1) is 9.78. The number of hydrogen-bond donors (Lipinski definition) is 1. The van der Waals surface area contributed by atoms with Gasteiger partial charge in [-0.1, -0.05) is 18.2 Å². The second kappa shape index (κ2) is 5.32. The fourth-order valence-electron chi connectivity index (χ4n) is 2.38. The number of halogens is 1. The number of nitriles is 1. The third kappa shape index (κ3) is 2.36. The summed E-state index contributed by atoms with van der Waals surface area (Å²) >= 11 is 0. The molecule has 4 heteroatoms. The van der Waals surface area contributed by atoms with Gasteiger partial charge >= 0.3 is 0 Å². The van der Waals surface area contributed by atoms with E-state index in [0.717, 1.165) is 11.3 Å². The highest BCUT2D eigenvalue weighted by molar-refractivity contribution is 5.40. The van der Waals surface area contributed by atoms with Crippen molar-refractivity contribution in [3.63, 3.8) is 0 Å². The number of benzene rings is 2. The first-order valence-electron chi connectivity index (χ1n) is 6.41. The number of nitrogens with zero attached hydrogens (tertiary/aromatic N) is 1. The lowest BCUT2D eigenvalue weighted by atomic mass is 10.1. The van der Waals surface area contributed by atoms with E-state index in [1.165, 1.54) is 18.2 Å². The summed E-state index contributed by atoms with van der Waals surface area (Å²) in [6, 6.07) is 14.2. The van der Waals surface area contributed by atoms with E-state index in [0.29, 0.717) is 24.3 Å². The molecule has 0 saturated carbocycles. The maximum atomic E-state index is 13.3. The summed E-state index contributed by atoms with van der Waals surface area (Å²) < 4.78 is 18.8. The smallest absolute Gasteiger partial charge is 0.124 e. The summed E-state index contributed by atoms with van der Waals surface area (Å²) in [5.41, 5.74) is 2.25. The van der Waals surface area contributed by atoms with Crippen LogP contribution in [0, 0.1) is 17.1 Å². The van der Waals surface area contributed by atoms with Gasteiger partial charge in [-0.15, -0.1) is 0 Å². The predicted molar refractivity (Wildman–Crippen MR) is 72.6 cm³/mol. The Balaban J connectivity index is 1.76. The molecule has 100 valence electrons. The van der Waals surface area contributed by atoms with E-state index in [-0.39, 0.29) is 11.9 Å². The van der Waals surface area contributed by atoms with E-state index in [1.54, 1.807) is 0 Å². The molecule has 1 heterocycles. The van der Waals surface area contributed by atoms with Gasteiger partial charge in [0.1, 0.15) is 18.2 Å². The van der Waals surface area contributed by atoms with Crippen LogP contribution in [0.4, 0.5) is 4.39 Å². The molecule has 1 atom stereocenters. The van der Waals surface area contributed by atoms with E-state index < -0.39 is 0 Å². The van der Waals surface area contributed by atoms with Gasteiger partial charge in [0.2, 0.25) is 0 Å². The largest absolute Gasteiger partial charge is 0.491 e. The van der Waals surface area contributed by atoms with Crippen LogP contribution >= 0.6 is 0 Å². The molecule has 0 saturated heterocycles. The minimum atomic E-state index is -0.330. The number of para-hydroxylation sites is 1. The summed E-state index contributed by atoms with van der Waals surface area (Å²) in [4.78, 5) is 0. The van der Waals surface area contributed by atoms with Crippen molar-refractivity contribution >= 4 is 0 Å². The van der Waals surface area contributed by atoms with E-state index in [4.69, 9.17) is 10.00 Å². The first-order valence-corrected chi connectivity index (χ1v) is 6.41. The van der Waals surface area contributed by atoms with Crippen LogP contribution in [0.1, 0.15) is 22.7 Å². The highest BCUT2D eigenvalue weighted by Crippen LogP contribution is 2.31. The second-order valence-electron chi connectivity index (χ2n) is 4.70. The predicted octanol–water partition coefficient (Wildman–Crippen LogP) is 2.92. The van der Waals surface area contributed by atoms with Crippen LogP contribution in [0.15, 0.2) is 42.5 Å².